The molecular weight excluding hydrogens is 100 g/mol. The predicted molar refractivity (Wildman–Crippen MR) is 36.0 cm³/mol. The van der Waals surface area contributed by atoms with Crippen molar-refractivity contribution >= 4 is 5.71 Å². The van der Waals surface area contributed by atoms with Gasteiger partial charge in [-0.25, -0.2) is 0 Å². The summed E-state index contributed by atoms with van der Waals surface area (Å²) in [5.74, 6) is 0. The fourth-order valence-electron chi connectivity index (χ4n) is 0.508. The van der Waals surface area contributed by atoms with Crippen LogP contribution in [0.15, 0.2) is 11.8 Å². The van der Waals surface area contributed by atoms with E-state index in [9.17, 15) is 0 Å². The van der Waals surface area contributed by atoms with Crippen LogP contribution in [0.1, 0.15) is 20.3 Å². The van der Waals surface area contributed by atoms with Gasteiger partial charge in [-0.15, -0.1) is 0 Å². The van der Waals surface area contributed by atoms with Crippen LogP contribution in [0.2, 0.25) is 0 Å². The Kier molecular flexibility index (Phi) is 2.92. The van der Waals surface area contributed by atoms with Crippen LogP contribution in [0.3, 0.4) is 0 Å². The first kappa shape index (κ1) is 7.21. The summed E-state index contributed by atoms with van der Waals surface area (Å²) in [4.78, 5) is 0. The molecule has 0 spiro atoms. The molecule has 0 heterocycles. The minimum absolute atomic E-state index is 0.565. The molecule has 0 aliphatic rings. The Balaban J connectivity index is 3.92. The Morgan fingerprint density at radius 3 is 2.25 bits per heavy atom. The van der Waals surface area contributed by atoms with Gasteiger partial charge in [0.25, 0.3) is 0 Å². The smallest absolute Gasteiger partial charge is 0.0329 e. The molecule has 0 rings (SSSR count). The van der Waals surface area contributed by atoms with E-state index in [4.69, 9.17) is 11.1 Å². The molecule has 0 atom stereocenters. The molecular formula is C6H12N2. The second-order valence-corrected chi connectivity index (χ2v) is 1.67. The van der Waals surface area contributed by atoms with Gasteiger partial charge >= 0.3 is 0 Å². The topological polar surface area (TPSA) is 49.9 Å². The first-order valence-electron chi connectivity index (χ1n) is 2.68. The van der Waals surface area contributed by atoms with Crippen molar-refractivity contribution in [2.75, 3.05) is 0 Å². The number of hydrogen-bond donors (Lipinski definition) is 2. The Hall–Kier alpha value is -0.790. The average molecular weight is 112 g/mol. The Labute approximate surface area is 49.9 Å². The third-order valence-corrected chi connectivity index (χ3v) is 1.06. The zero-order chi connectivity index (χ0) is 6.57. The van der Waals surface area contributed by atoms with Crippen molar-refractivity contribution < 1.29 is 0 Å². The fraction of sp³-hybridized carbons (Fsp3) is 0.500. The Morgan fingerprint density at radius 2 is 2.25 bits per heavy atom. The molecule has 2 nitrogen and oxygen atoms in total. The summed E-state index contributed by atoms with van der Waals surface area (Å²) in [6.07, 6.45) is 2.34. The highest BCUT2D eigenvalue weighted by atomic mass is 14.5. The van der Waals surface area contributed by atoms with Crippen LogP contribution in [-0.4, -0.2) is 5.71 Å². The largest absolute Gasteiger partial charge is 0.404 e. The third kappa shape index (κ3) is 1.78. The summed E-state index contributed by atoms with van der Waals surface area (Å²) in [6, 6.07) is 0. The van der Waals surface area contributed by atoms with E-state index in [0.29, 0.717) is 5.71 Å². The van der Waals surface area contributed by atoms with E-state index in [-0.39, 0.29) is 0 Å². The van der Waals surface area contributed by atoms with E-state index >= 15 is 0 Å². The van der Waals surface area contributed by atoms with Crippen molar-refractivity contribution in [1.82, 2.24) is 0 Å². The number of allylic oxidation sites excluding steroid dienone is 1. The summed E-state index contributed by atoms with van der Waals surface area (Å²) in [7, 11) is 0. The molecule has 0 aromatic rings. The summed E-state index contributed by atoms with van der Waals surface area (Å²) in [5.41, 5.74) is 6.67. The minimum Gasteiger partial charge on any atom is -0.404 e. The zero-order valence-corrected chi connectivity index (χ0v) is 5.36. The SMILES string of the molecule is CC/C(=C/N)C(C)=N. The van der Waals surface area contributed by atoms with Crippen LogP contribution in [-0.2, 0) is 0 Å². The molecule has 0 saturated heterocycles. The molecule has 0 bridgehead atoms. The normalized spacial score (nSPS) is 11.5. The summed E-state index contributed by atoms with van der Waals surface area (Å²) in [6.45, 7) is 3.72. The number of nitrogens with two attached hydrogens (primary N) is 1. The van der Waals surface area contributed by atoms with Crippen LogP contribution in [0.5, 0.6) is 0 Å². The minimum atomic E-state index is 0.565. The summed E-state index contributed by atoms with van der Waals surface area (Å²) < 4.78 is 0. The van der Waals surface area contributed by atoms with E-state index in [0.717, 1.165) is 12.0 Å². The van der Waals surface area contributed by atoms with Gasteiger partial charge in [-0.2, -0.15) is 0 Å². The van der Waals surface area contributed by atoms with Gasteiger partial charge in [0, 0.05) is 5.71 Å². The molecule has 3 N–H and O–H groups in total. The van der Waals surface area contributed by atoms with Gasteiger partial charge in [0.1, 0.15) is 0 Å². The van der Waals surface area contributed by atoms with Crippen LogP contribution >= 0.6 is 0 Å². The molecule has 0 aromatic heterocycles. The van der Waals surface area contributed by atoms with Gasteiger partial charge in [0.05, 0.1) is 0 Å². The monoisotopic (exact) mass is 112 g/mol. The molecule has 2 heteroatoms. The highest BCUT2D eigenvalue weighted by Gasteiger charge is 1.91. The lowest BCUT2D eigenvalue weighted by molar-refractivity contribution is 1.14. The van der Waals surface area contributed by atoms with Crippen molar-refractivity contribution in [3.8, 4) is 0 Å². The molecule has 46 valence electrons. The second-order valence-electron chi connectivity index (χ2n) is 1.67. The number of rotatable bonds is 2. The summed E-state index contributed by atoms with van der Waals surface area (Å²) >= 11 is 0. The average Bonchev–Trinajstić information content (AvgIpc) is 1.69. The molecule has 0 aliphatic heterocycles. The fourth-order valence-corrected chi connectivity index (χ4v) is 0.508. The highest BCUT2D eigenvalue weighted by molar-refractivity contribution is 5.95. The standard InChI is InChI=1S/C6H12N2/c1-3-6(4-7)5(2)8/h4,8H,3,7H2,1-2H3/b6-4-,8-5?. The lowest BCUT2D eigenvalue weighted by Crippen LogP contribution is -1.96. The van der Waals surface area contributed by atoms with E-state index in [2.05, 4.69) is 0 Å². The number of hydrogen-bond acceptors (Lipinski definition) is 2. The van der Waals surface area contributed by atoms with Crippen LogP contribution in [0.25, 0.3) is 0 Å². The molecule has 0 amide bonds. The molecule has 0 aliphatic carbocycles. The van der Waals surface area contributed by atoms with Gasteiger partial charge in [0.2, 0.25) is 0 Å². The van der Waals surface area contributed by atoms with Gasteiger partial charge < -0.3 is 11.1 Å². The second kappa shape index (κ2) is 3.24. The predicted octanol–water partition coefficient (Wildman–Crippen LogP) is 1.28. The van der Waals surface area contributed by atoms with Gasteiger partial charge in [-0.3, -0.25) is 0 Å². The van der Waals surface area contributed by atoms with Crippen molar-refractivity contribution in [3.05, 3.63) is 11.8 Å². The maximum absolute atomic E-state index is 7.10. The van der Waals surface area contributed by atoms with Crippen molar-refractivity contribution in [3.63, 3.8) is 0 Å². The van der Waals surface area contributed by atoms with Crippen molar-refractivity contribution in [2.45, 2.75) is 20.3 Å². The number of nitrogens with one attached hydrogen (secondary N) is 1. The van der Waals surface area contributed by atoms with Gasteiger partial charge in [-0.05, 0) is 25.1 Å². The lowest BCUT2D eigenvalue weighted by Gasteiger charge is -1.96. The molecule has 0 radical (unpaired) electrons. The van der Waals surface area contributed by atoms with Crippen molar-refractivity contribution in [2.24, 2.45) is 5.73 Å². The van der Waals surface area contributed by atoms with E-state index < -0.39 is 0 Å². The molecule has 0 fully saturated rings. The van der Waals surface area contributed by atoms with Gasteiger partial charge in [-0.1, -0.05) is 6.92 Å². The maximum atomic E-state index is 7.10. The first-order chi connectivity index (χ1) is 3.72. The highest BCUT2D eigenvalue weighted by Crippen LogP contribution is 1.97. The van der Waals surface area contributed by atoms with Gasteiger partial charge in [0.15, 0.2) is 0 Å². The van der Waals surface area contributed by atoms with Crippen LogP contribution in [0.4, 0.5) is 0 Å². The van der Waals surface area contributed by atoms with Crippen molar-refractivity contribution in [1.29, 1.82) is 5.41 Å². The molecule has 0 unspecified atom stereocenters. The third-order valence-electron chi connectivity index (χ3n) is 1.06. The molecule has 0 aromatic carbocycles. The maximum Gasteiger partial charge on any atom is 0.0329 e. The van der Waals surface area contributed by atoms with Crippen LogP contribution < -0.4 is 5.73 Å². The van der Waals surface area contributed by atoms with E-state index in [1.807, 2.05) is 6.92 Å². The molecule has 8 heavy (non-hydrogen) atoms. The quantitative estimate of drug-likeness (QED) is 0.519. The Bertz CT molecular complexity index is 114. The lowest BCUT2D eigenvalue weighted by atomic mass is 10.1. The summed E-state index contributed by atoms with van der Waals surface area (Å²) in [5, 5.41) is 7.10. The first-order valence-corrected chi connectivity index (χ1v) is 2.68. The van der Waals surface area contributed by atoms with E-state index in [1.165, 1.54) is 6.20 Å². The van der Waals surface area contributed by atoms with Crippen LogP contribution in [0, 0.1) is 5.41 Å². The van der Waals surface area contributed by atoms with E-state index in [1.54, 1.807) is 6.92 Å². The Morgan fingerprint density at radius 1 is 1.75 bits per heavy atom. The zero-order valence-electron chi connectivity index (χ0n) is 5.36. The molecule has 0 saturated carbocycles.